The molecule has 6 heteroatoms. The van der Waals surface area contributed by atoms with Crippen molar-refractivity contribution in [1.29, 1.82) is 0 Å². The third kappa shape index (κ3) is 3.31. The number of carbonyl (C=O) groups excluding carboxylic acids is 1. The van der Waals surface area contributed by atoms with Gasteiger partial charge in [0.05, 0.1) is 12.7 Å². The Balaban J connectivity index is 4.09. The molecule has 0 saturated carbocycles. The zero-order valence-electron chi connectivity index (χ0n) is 6.22. The van der Waals surface area contributed by atoms with Gasteiger partial charge in [0.1, 0.15) is 12.2 Å². The van der Waals surface area contributed by atoms with Crippen LogP contribution in [0.4, 0.5) is 0 Å². The van der Waals surface area contributed by atoms with Crippen LogP contribution in [0.1, 0.15) is 0 Å². The van der Waals surface area contributed by atoms with Crippen molar-refractivity contribution < 1.29 is 25.2 Å². The molecule has 0 bridgehead atoms. The van der Waals surface area contributed by atoms with E-state index >= 15 is 0 Å². The van der Waals surface area contributed by atoms with E-state index in [1.54, 1.807) is 22.6 Å². The Bertz CT molecular complexity index is 151. The van der Waals surface area contributed by atoms with Gasteiger partial charge in [-0.1, -0.05) is 22.6 Å². The largest absolute Gasteiger partial charge is 0.393 e. The van der Waals surface area contributed by atoms with Gasteiger partial charge in [0.15, 0.2) is 5.78 Å². The fourth-order valence-corrected chi connectivity index (χ4v) is 1.04. The second-order valence-electron chi connectivity index (χ2n) is 2.27. The zero-order valence-corrected chi connectivity index (χ0v) is 8.38. The van der Waals surface area contributed by atoms with Gasteiger partial charge >= 0.3 is 0 Å². The molecule has 0 aliphatic carbocycles. The Hall–Kier alpha value is 0.240. The first kappa shape index (κ1) is 12.2. The van der Waals surface area contributed by atoms with E-state index in [4.69, 9.17) is 20.4 Å². The predicted octanol–water partition coefficient (Wildman–Crippen LogP) is -1.93. The van der Waals surface area contributed by atoms with E-state index in [9.17, 15) is 4.79 Å². The topological polar surface area (TPSA) is 98.0 Å². The van der Waals surface area contributed by atoms with Crippen LogP contribution in [0.2, 0.25) is 0 Å². The second kappa shape index (κ2) is 5.81. The zero-order chi connectivity index (χ0) is 9.72. The van der Waals surface area contributed by atoms with E-state index in [2.05, 4.69) is 0 Å². The van der Waals surface area contributed by atoms with E-state index in [1.165, 1.54) is 0 Å². The van der Waals surface area contributed by atoms with Crippen molar-refractivity contribution in [2.45, 2.75) is 18.3 Å². The molecule has 5 nitrogen and oxygen atoms in total. The lowest BCUT2D eigenvalue weighted by molar-refractivity contribution is -0.142. The lowest BCUT2D eigenvalue weighted by atomic mass is 10.1. The van der Waals surface area contributed by atoms with Crippen molar-refractivity contribution in [2.24, 2.45) is 0 Å². The average Bonchev–Trinajstić information content (AvgIpc) is 2.12. The highest BCUT2D eigenvalue weighted by Crippen LogP contribution is 2.02. The second-order valence-corrected chi connectivity index (χ2v) is 3.15. The molecular formula is C6H11IO5. The first-order valence-electron chi connectivity index (χ1n) is 3.29. The van der Waals surface area contributed by atoms with Gasteiger partial charge in [-0.2, -0.15) is 0 Å². The number of hydrogen-bond donors (Lipinski definition) is 4. The SMILES string of the molecule is O=C([C@@H](O)CO)[C@H](O)[C@H](O)CI. The molecule has 0 aliphatic heterocycles. The first-order chi connectivity index (χ1) is 5.54. The Kier molecular flexibility index (Phi) is 5.93. The monoisotopic (exact) mass is 290 g/mol. The quantitative estimate of drug-likeness (QED) is 0.349. The molecule has 0 spiro atoms. The molecule has 12 heavy (non-hydrogen) atoms. The Labute approximate surface area is 83.2 Å². The van der Waals surface area contributed by atoms with Crippen molar-refractivity contribution in [1.82, 2.24) is 0 Å². The maximum Gasteiger partial charge on any atom is 0.194 e. The smallest absolute Gasteiger partial charge is 0.194 e. The molecule has 0 aliphatic rings. The number of alkyl halides is 1. The Morgan fingerprint density at radius 3 is 2.17 bits per heavy atom. The average molecular weight is 290 g/mol. The summed E-state index contributed by atoms with van der Waals surface area (Å²) < 4.78 is 0.183. The molecule has 0 amide bonds. The van der Waals surface area contributed by atoms with Gasteiger partial charge in [-0.3, -0.25) is 4.79 Å². The van der Waals surface area contributed by atoms with Crippen LogP contribution in [-0.2, 0) is 4.79 Å². The van der Waals surface area contributed by atoms with Crippen molar-refractivity contribution in [3.8, 4) is 0 Å². The van der Waals surface area contributed by atoms with E-state index in [0.29, 0.717) is 0 Å². The van der Waals surface area contributed by atoms with Crippen molar-refractivity contribution in [3.05, 3.63) is 0 Å². The molecular weight excluding hydrogens is 279 g/mol. The van der Waals surface area contributed by atoms with Gasteiger partial charge in [-0.05, 0) is 0 Å². The summed E-state index contributed by atoms with van der Waals surface area (Å²) in [6, 6.07) is 0. The van der Waals surface area contributed by atoms with Crippen LogP contribution in [0.5, 0.6) is 0 Å². The van der Waals surface area contributed by atoms with Gasteiger partial charge < -0.3 is 20.4 Å². The standard InChI is InChI=1S/C6H11IO5/c7-1-3(9)5(11)6(12)4(10)2-8/h3-5,8-11H,1-2H2/t3-,4+,5-/m1/s1. The van der Waals surface area contributed by atoms with Gasteiger partial charge in [-0.15, -0.1) is 0 Å². The number of carbonyl (C=O) groups is 1. The summed E-state index contributed by atoms with van der Waals surface area (Å²) in [6.07, 6.45) is -4.43. The maximum atomic E-state index is 10.9. The van der Waals surface area contributed by atoms with Crippen LogP contribution in [0, 0.1) is 0 Å². The maximum absolute atomic E-state index is 10.9. The number of aliphatic hydroxyl groups excluding tert-OH is 4. The van der Waals surface area contributed by atoms with Crippen molar-refractivity contribution in [3.63, 3.8) is 0 Å². The van der Waals surface area contributed by atoms with Crippen LogP contribution in [-0.4, -0.2) is 55.6 Å². The molecule has 0 aromatic heterocycles. The molecule has 0 rings (SSSR count). The fourth-order valence-electron chi connectivity index (χ4n) is 0.561. The molecule has 0 aromatic carbocycles. The summed E-state index contributed by atoms with van der Waals surface area (Å²) in [5, 5.41) is 35.1. The first-order valence-corrected chi connectivity index (χ1v) is 4.81. The summed E-state index contributed by atoms with van der Waals surface area (Å²) in [7, 11) is 0. The summed E-state index contributed by atoms with van der Waals surface area (Å²) >= 11 is 1.79. The Morgan fingerprint density at radius 2 is 1.83 bits per heavy atom. The number of rotatable bonds is 5. The molecule has 0 saturated heterocycles. The fraction of sp³-hybridized carbons (Fsp3) is 0.833. The van der Waals surface area contributed by atoms with Crippen LogP contribution in [0.15, 0.2) is 0 Å². The molecule has 0 radical (unpaired) electrons. The van der Waals surface area contributed by atoms with Gasteiger partial charge in [0.2, 0.25) is 0 Å². The molecule has 72 valence electrons. The van der Waals surface area contributed by atoms with Crippen LogP contribution >= 0.6 is 22.6 Å². The Morgan fingerprint density at radius 1 is 1.33 bits per heavy atom. The van der Waals surface area contributed by atoms with E-state index in [-0.39, 0.29) is 4.43 Å². The summed E-state index contributed by atoms with van der Waals surface area (Å²) in [5.74, 6) is -0.957. The van der Waals surface area contributed by atoms with Crippen molar-refractivity contribution >= 4 is 28.4 Å². The molecule has 0 aromatic rings. The molecule has 4 N–H and O–H groups in total. The predicted molar refractivity (Wildman–Crippen MR) is 49.0 cm³/mol. The minimum Gasteiger partial charge on any atom is -0.393 e. The van der Waals surface area contributed by atoms with Gasteiger partial charge in [0, 0.05) is 4.43 Å². The summed E-state index contributed by atoms with van der Waals surface area (Å²) in [5.41, 5.74) is 0. The van der Waals surface area contributed by atoms with Crippen LogP contribution in [0.25, 0.3) is 0 Å². The third-order valence-electron chi connectivity index (χ3n) is 1.32. The molecule has 3 atom stereocenters. The van der Waals surface area contributed by atoms with Gasteiger partial charge in [-0.25, -0.2) is 0 Å². The van der Waals surface area contributed by atoms with E-state index in [0.717, 1.165) is 0 Å². The van der Waals surface area contributed by atoms with Crippen LogP contribution < -0.4 is 0 Å². The number of ketones is 1. The van der Waals surface area contributed by atoms with E-state index < -0.39 is 30.7 Å². The number of hydrogen-bond acceptors (Lipinski definition) is 5. The minimum atomic E-state index is -1.62. The highest BCUT2D eigenvalue weighted by atomic mass is 127. The third-order valence-corrected chi connectivity index (χ3v) is 2.22. The molecule has 0 heterocycles. The summed E-state index contributed by atoms with van der Waals surface area (Å²) in [4.78, 5) is 10.9. The van der Waals surface area contributed by atoms with Crippen LogP contribution in [0.3, 0.4) is 0 Å². The minimum absolute atomic E-state index is 0.183. The number of Topliss-reactive ketones (excluding diaryl/α,β-unsaturated/α-hetero) is 1. The lowest BCUT2D eigenvalue weighted by Crippen LogP contribution is -2.42. The lowest BCUT2D eigenvalue weighted by Gasteiger charge is -2.16. The number of halogens is 1. The number of aliphatic hydroxyl groups is 4. The van der Waals surface area contributed by atoms with E-state index in [1.807, 2.05) is 0 Å². The highest BCUT2D eigenvalue weighted by Gasteiger charge is 2.28. The van der Waals surface area contributed by atoms with Gasteiger partial charge in [0.25, 0.3) is 0 Å². The molecule has 0 fully saturated rings. The summed E-state index contributed by atoms with van der Waals surface area (Å²) in [6.45, 7) is -0.746. The van der Waals surface area contributed by atoms with Crippen molar-refractivity contribution in [2.75, 3.05) is 11.0 Å². The molecule has 0 unspecified atom stereocenters. The highest BCUT2D eigenvalue weighted by molar-refractivity contribution is 14.1. The normalized spacial score (nSPS) is 18.4.